The van der Waals surface area contributed by atoms with E-state index in [-0.39, 0.29) is 5.72 Å². The van der Waals surface area contributed by atoms with Gasteiger partial charge in [0.25, 0.3) is 0 Å². The summed E-state index contributed by atoms with van der Waals surface area (Å²) in [4.78, 5) is 8.48. The van der Waals surface area contributed by atoms with Gasteiger partial charge in [0.15, 0.2) is 5.72 Å². The average molecular weight is 272 g/mol. The molecule has 0 spiro atoms. The highest BCUT2D eigenvalue weighted by molar-refractivity contribution is 6.03. The van der Waals surface area contributed by atoms with Crippen LogP contribution in [-0.4, -0.2) is 42.6 Å². The summed E-state index contributed by atoms with van der Waals surface area (Å²) in [5, 5.41) is 4.47. The van der Waals surface area contributed by atoms with Crippen LogP contribution in [0, 0.1) is 5.92 Å². The van der Waals surface area contributed by atoms with E-state index in [1.54, 1.807) is 0 Å². The van der Waals surface area contributed by atoms with Gasteiger partial charge in [-0.25, -0.2) is 0 Å². The fourth-order valence-corrected chi connectivity index (χ4v) is 3.85. The zero-order valence-corrected chi connectivity index (χ0v) is 11.6. The molecule has 2 fully saturated rings. The fraction of sp³-hybridized carbons (Fsp3) is 0.562. The first-order chi connectivity index (χ1) is 9.90. The summed E-state index contributed by atoms with van der Waals surface area (Å²) in [5.74, 6) is 0.406. The third kappa shape index (κ3) is 1.79. The molecule has 0 radical (unpaired) electrons. The van der Waals surface area contributed by atoms with E-state index in [2.05, 4.69) is 34.3 Å². The molecule has 3 aliphatic rings. The Balaban J connectivity index is 1.64. The summed E-state index contributed by atoms with van der Waals surface area (Å²) in [7, 11) is 0. The maximum Gasteiger partial charge on any atom is 0.200 e. The molecule has 2 atom stereocenters. The molecule has 0 aromatic heterocycles. The summed E-state index contributed by atoms with van der Waals surface area (Å²) in [6.45, 7) is 3.51. The molecule has 1 aromatic carbocycles. The number of benzene rings is 1. The molecule has 0 amide bonds. The first-order valence-corrected chi connectivity index (χ1v) is 7.54. The molecule has 2 unspecified atom stereocenters. The van der Waals surface area contributed by atoms with E-state index in [0.717, 1.165) is 38.4 Å². The highest BCUT2D eigenvalue weighted by Crippen LogP contribution is 2.47. The molecule has 4 rings (SSSR count). The normalized spacial score (nSPS) is 33.6. The van der Waals surface area contributed by atoms with Gasteiger partial charge in [-0.1, -0.05) is 35.5 Å². The molecule has 0 N–H and O–H groups in total. The van der Waals surface area contributed by atoms with Crippen molar-refractivity contribution >= 4 is 5.71 Å². The molecule has 1 saturated carbocycles. The van der Waals surface area contributed by atoms with Crippen molar-refractivity contribution in [1.82, 2.24) is 4.90 Å². The van der Waals surface area contributed by atoms with Gasteiger partial charge in [0, 0.05) is 19.5 Å². The highest BCUT2D eigenvalue weighted by Gasteiger charge is 2.56. The molecule has 1 aromatic rings. The minimum absolute atomic E-state index is 0.199. The number of rotatable bonds is 2. The molecular formula is C16H20N2O2. The van der Waals surface area contributed by atoms with Crippen molar-refractivity contribution in [2.75, 3.05) is 26.3 Å². The van der Waals surface area contributed by atoms with E-state index in [1.165, 1.54) is 18.4 Å². The predicted octanol–water partition coefficient (Wildman–Crippen LogP) is 2.25. The molecule has 1 aliphatic carbocycles. The van der Waals surface area contributed by atoms with Crippen molar-refractivity contribution in [1.29, 1.82) is 0 Å². The van der Waals surface area contributed by atoms with E-state index < -0.39 is 0 Å². The van der Waals surface area contributed by atoms with Crippen molar-refractivity contribution in [3.63, 3.8) is 0 Å². The van der Waals surface area contributed by atoms with Gasteiger partial charge < -0.3 is 9.57 Å². The molecular weight excluding hydrogens is 252 g/mol. The first kappa shape index (κ1) is 12.4. The number of oxime groups is 1. The molecule has 106 valence electrons. The van der Waals surface area contributed by atoms with Crippen LogP contribution in [0.3, 0.4) is 0 Å². The van der Waals surface area contributed by atoms with Gasteiger partial charge >= 0.3 is 0 Å². The van der Waals surface area contributed by atoms with Crippen molar-refractivity contribution in [2.45, 2.75) is 25.0 Å². The lowest BCUT2D eigenvalue weighted by Crippen LogP contribution is -2.55. The highest BCUT2D eigenvalue weighted by atomic mass is 16.7. The van der Waals surface area contributed by atoms with Gasteiger partial charge in [-0.3, -0.25) is 4.90 Å². The van der Waals surface area contributed by atoms with Crippen LogP contribution in [0.5, 0.6) is 0 Å². The van der Waals surface area contributed by atoms with Gasteiger partial charge in [0.1, 0.15) is 0 Å². The van der Waals surface area contributed by atoms with E-state index >= 15 is 0 Å². The second-order valence-electron chi connectivity index (χ2n) is 5.82. The van der Waals surface area contributed by atoms with Gasteiger partial charge in [-0.2, -0.15) is 0 Å². The molecule has 4 heteroatoms. The van der Waals surface area contributed by atoms with E-state index in [1.807, 2.05) is 6.07 Å². The van der Waals surface area contributed by atoms with Gasteiger partial charge in [0.2, 0.25) is 0 Å². The third-order valence-corrected chi connectivity index (χ3v) is 4.82. The Morgan fingerprint density at radius 2 is 1.95 bits per heavy atom. The third-order valence-electron chi connectivity index (χ3n) is 4.82. The minimum atomic E-state index is -0.199. The Morgan fingerprint density at radius 1 is 1.15 bits per heavy atom. The Bertz CT molecular complexity index is 510. The molecule has 2 aliphatic heterocycles. The quantitative estimate of drug-likeness (QED) is 0.828. The van der Waals surface area contributed by atoms with Crippen LogP contribution in [0.1, 0.15) is 24.8 Å². The summed E-state index contributed by atoms with van der Waals surface area (Å²) in [5.41, 5.74) is 2.14. The smallest absolute Gasteiger partial charge is 0.200 e. The van der Waals surface area contributed by atoms with Crippen molar-refractivity contribution < 1.29 is 9.57 Å². The van der Waals surface area contributed by atoms with Gasteiger partial charge in [-0.05, 0) is 18.4 Å². The van der Waals surface area contributed by atoms with Crippen LogP contribution in [0.25, 0.3) is 0 Å². The molecule has 20 heavy (non-hydrogen) atoms. The Morgan fingerprint density at radius 3 is 2.75 bits per heavy atom. The SMILES string of the molecule is c1ccc(C2=NOC3(N4CCOCC4)CCCC23)cc1. The van der Waals surface area contributed by atoms with Crippen molar-refractivity contribution in [2.24, 2.45) is 11.1 Å². The second-order valence-corrected chi connectivity index (χ2v) is 5.82. The topological polar surface area (TPSA) is 34.1 Å². The first-order valence-electron chi connectivity index (χ1n) is 7.54. The largest absolute Gasteiger partial charge is 0.379 e. The zero-order valence-electron chi connectivity index (χ0n) is 11.6. The summed E-state index contributed by atoms with van der Waals surface area (Å²) >= 11 is 0. The fourth-order valence-electron chi connectivity index (χ4n) is 3.85. The summed E-state index contributed by atoms with van der Waals surface area (Å²) < 4.78 is 5.48. The Kier molecular flexibility index (Phi) is 3.00. The number of morpholine rings is 1. The van der Waals surface area contributed by atoms with E-state index in [4.69, 9.17) is 9.57 Å². The number of hydrogen-bond donors (Lipinski definition) is 0. The number of ether oxygens (including phenoxy) is 1. The van der Waals surface area contributed by atoms with Crippen LogP contribution in [0.2, 0.25) is 0 Å². The van der Waals surface area contributed by atoms with Crippen molar-refractivity contribution in [3.8, 4) is 0 Å². The van der Waals surface area contributed by atoms with Crippen LogP contribution < -0.4 is 0 Å². The van der Waals surface area contributed by atoms with Crippen LogP contribution in [-0.2, 0) is 9.57 Å². The van der Waals surface area contributed by atoms with Crippen LogP contribution in [0.15, 0.2) is 35.5 Å². The maximum absolute atomic E-state index is 6.03. The van der Waals surface area contributed by atoms with E-state index in [9.17, 15) is 0 Å². The van der Waals surface area contributed by atoms with Crippen LogP contribution >= 0.6 is 0 Å². The average Bonchev–Trinajstić information content (AvgIpc) is 3.08. The monoisotopic (exact) mass is 272 g/mol. The second kappa shape index (κ2) is 4.86. The Hall–Kier alpha value is -1.39. The van der Waals surface area contributed by atoms with E-state index in [0.29, 0.717) is 5.92 Å². The number of fused-ring (bicyclic) bond motifs is 1. The standard InChI is InChI=1S/C16H20N2O2/c1-2-5-13(6-3-1)15-14-7-4-8-16(14,20-17-15)18-9-11-19-12-10-18/h1-3,5-6,14H,4,7-12H2. The molecule has 4 nitrogen and oxygen atoms in total. The molecule has 0 bridgehead atoms. The number of hydrogen-bond acceptors (Lipinski definition) is 4. The Labute approximate surface area is 119 Å². The summed E-state index contributed by atoms with van der Waals surface area (Å²) in [6.07, 6.45) is 3.47. The van der Waals surface area contributed by atoms with Crippen LogP contribution in [0.4, 0.5) is 0 Å². The molecule has 1 saturated heterocycles. The van der Waals surface area contributed by atoms with Gasteiger partial charge in [0.05, 0.1) is 24.8 Å². The zero-order chi connectivity index (χ0) is 13.4. The van der Waals surface area contributed by atoms with Gasteiger partial charge in [-0.15, -0.1) is 0 Å². The minimum Gasteiger partial charge on any atom is -0.379 e. The number of nitrogens with zero attached hydrogens (tertiary/aromatic N) is 2. The maximum atomic E-state index is 6.03. The van der Waals surface area contributed by atoms with Crippen molar-refractivity contribution in [3.05, 3.63) is 35.9 Å². The molecule has 2 heterocycles. The summed E-state index contributed by atoms with van der Waals surface area (Å²) in [6, 6.07) is 10.5. The lowest BCUT2D eigenvalue weighted by Gasteiger charge is -2.41. The lowest BCUT2D eigenvalue weighted by atomic mass is 9.89. The predicted molar refractivity (Wildman–Crippen MR) is 76.5 cm³/mol. The lowest BCUT2D eigenvalue weighted by molar-refractivity contribution is -0.172.